The SMILES string of the molecule is C=C(OCc1ccc(COC(=O)C2=CN([C@@H]3O[C@H](COC(C)=O)[C@@H](OC(C)=O)[C@H]3C)C=CC2)cc1)C1=CN([C@@H]2O[C@H](CC)[C@@H](C)[C@H]2OC(C)=O)C=CC1. The molecule has 2 saturated heterocycles. The minimum Gasteiger partial charge on any atom is -0.489 e. The molecule has 0 spiro atoms. The summed E-state index contributed by atoms with van der Waals surface area (Å²) in [6.45, 7) is 14.5. The summed E-state index contributed by atoms with van der Waals surface area (Å²) in [6.07, 6.45) is 10.3. The predicted octanol–water partition coefficient (Wildman–Crippen LogP) is 5.53. The predicted molar refractivity (Wildman–Crippen MR) is 191 cm³/mol. The van der Waals surface area contributed by atoms with E-state index in [9.17, 15) is 19.2 Å². The molecule has 0 N–H and O–H groups in total. The summed E-state index contributed by atoms with van der Waals surface area (Å²) < 4.78 is 40.4. The number of carbonyl (C=O) groups is 4. The Morgan fingerprint density at radius 2 is 1.26 bits per heavy atom. The minimum atomic E-state index is -0.655. The number of allylic oxidation sites excluding steroid dienone is 3. The molecule has 4 heterocycles. The Bertz CT molecular complexity index is 1650. The second kappa shape index (κ2) is 17.8. The van der Waals surface area contributed by atoms with E-state index >= 15 is 0 Å². The van der Waals surface area contributed by atoms with Crippen LogP contribution in [0, 0.1) is 11.8 Å². The highest BCUT2D eigenvalue weighted by molar-refractivity contribution is 5.88. The lowest BCUT2D eigenvalue weighted by atomic mass is 9.98. The van der Waals surface area contributed by atoms with Crippen LogP contribution in [0.15, 0.2) is 84.7 Å². The molecule has 4 aliphatic heterocycles. The van der Waals surface area contributed by atoms with Crippen LogP contribution in [0.5, 0.6) is 0 Å². The standard InChI is InChI=1S/C40H50N2O11/c1-8-34-24(2)37(51-29(7)45)39(52-34)42-18-9-11-32(19-42)26(4)47-21-30-13-15-31(16-14-30)22-49-40(46)33-12-10-17-41(20-33)38-25(3)36(50-28(6)44)35(53-38)23-48-27(5)43/h9-10,13-20,24-25,34-39H,4,8,11-12,21-23H2,1-3,5-7H3/t24-,25-,34-,35-,36+,37-,38-,39-/m1/s1. The molecule has 286 valence electrons. The fraction of sp³-hybridized carbons (Fsp3) is 0.500. The van der Waals surface area contributed by atoms with E-state index in [1.54, 1.807) is 17.3 Å². The van der Waals surface area contributed by atoms with Gasteiger partial charge in [-0.1, -0.05) is 63.8 Å². The lowest BCUT2D eigenvalue weighted by Gasteiger charge is -2.31. The van der Waals surface area contributed by atoms with Gasteiger partial charge in [-0.25, -0.2) is 4.79 Å². The van der Waals surface area contributed by atoms with Crippen LogP contribution in [0.25, 0.3) is 0 Å². The molecule has 0 bridgehead atoms. The van der Waals surface area contributed by atoms with Gasteiger partial charge in [0.25, 0.3) is 0 Å². The Hall–Kier alpha value is -4.88. The Labute approximate surface area is 310 Å². The summed E-state index contributed by atoms with van der Waals surface area (Å²) in [4.78, 5) is 51.8. The number of esters is 4. The first-order valence-electron chi connectivity index (χ1n) is 18.0. The van der Waals surface area contributed by atoms with E-state index in [1.807, 2.05) is 67.6 Å². The fourth-order valence-electron chi connectivity index (χ4n) is 6.88. The van der Waals surface area contributed by atoms with Gasteiger partial charge in [0, 0.05) is 69.4 Å². The van der Waals surface area contributed by atoms with Crippen molar-refractivity contribution in [2.75, 3.05) is 6.61 Å². The zero-order valence-electron chi connectivity index (χ0n) is 31.2. The molecule has 0 unspecified atom stereocenters. The van der Waals surface area contributed by atoms with Crippen molar-refractivity contribution in [3.05, 3.63) is 95.8 Å². The lowest BCUT2D eigenvalue weighted by molar-refractivity contribution is -0.156. The second-order valence-corrected chi connectivity index (χ2v) is 13.7. The smallest absolute Gasteiger partial charge is 0.336 e. The molecule has 8 atom stereocenters. The van der Waals surface area contributed by atoms with E-state index in [-0.39, 0.29) is 37.1 Å². The molecule has 5 rings (SSSR count). The van der Waals surface area contributed by atoms with E-state index in [4.69, 9.17) is 33.2 Å². The van der Waals surface area contributed by atoms with Gasteiger partial charge in [0.1, 0.15) is 44.0 Å². The molecule has 0 aliphatic carbocycles. The molecule has 53 heavy (non-hydrogen) atoms. The Morgan fingerprint density at radius 1 is 0.717 bits per heavy atom. The number of hydrogen-bond acceptors (Lipinski definition) is 13. The summed E-state index contributed by atoms with van der Waals surface area (Å²) in [5.74, 6) is -1.43. The molecule has 13 heteroatoms. The summed E-state index contributed by atoms with van der Waals surface area (Å²) in [5, 5.41) is 0. The van der Waals surface area contributed by atoms with Gasteiger partial charge in [-0.2, -0.15) is 0 Å². The van der Waals surface area contributed by atoms with Crippen LogP contribution in [0.3, 0.4) is 0 Å². The minimum absolute atomic E-state index is 0.0189. The number of ether oxygens (including phenoxy) is 7. The molecule has 0 aromatic heterocycles. The average Bonchev–Trinajstić information content (AvgIpc) is 3.62. The summed E-state index contributed by atoms with van der Waals surface area (Å²) >= 11 is 0. The third-order valence-electron chi connectivity index (χ3n) is 9.66. The quantitative estimate of drug-likeness (QED) is 0.135. The summed E-state index contributed by atoms with van der Waals surface area (Å²) in [7, 11) is 0. The fourth-order valence-corrected chi connectivity index (χ4v) is 6.88. The van der Waals surface area contributed by atoms with Crippen LogP contribution in [-0.4, -0.2) is 77.2 Å². The highest BCUT2D eigenvalue weighted by Crippen LogP contribution is 2.36. The van der Waals surface area contributed by atoms with E-state index in [1.165, 1.54) is 20.8 Å². The van der Waals surface area contributed by atoms with Gasteiger partial charge in [-0.15, -0.1) is 0 Å². The zero-order chi connectivity index (χ0) is 38.2. The van der Waals surface area contributed by atoms with Crippen molar-refractivity contribution in [2.45, 2.75) is 111 Å². The molecule has 0 radical (unpaired) electrons. The van der Waals surface area contributed by atoms with E-state index in [0.29, 0.717) is 30.8 Å². The maximum Gasteiger partial charge on any atom is 0.336 e. The summed E-state index contributed by atoms with van der Waals surface area (Å²) in [5.41, 5.74) is 3.05. The molecule has 13 nitrogen and oxygen atoms in total. The van der Waals surface area contributed by atoms with Gasteiger partial charge in [0.15, 0.2) is 12.3 Å². The van der Waals surface area contributed by atoms with Crippen LogP contribution in [0.4, 0.5) is 0 Å². The van der Waals surface area contributed by atoms with Crippen molar-refractivity contribution >= 4 is 23.9 Å². The van der Waals surface area contributed by atoms with Crippen molar-refractivity contribution in [2.24, 2.45) is 11.8 Å². The van der Waals surface area contributed by atoms with Crippen LogP contribution >= 0.6 is 0 Å². The highest BCUT2D eigenvalue weighted by atomic mass is 16.6. The van der Waals surface area contributed by atoms with E-state index < -0.39 is 48.7 Å². The van der Waals surface area contributed by atoms with Crippen molar-refractivity contribution in [1.82, 2.24) is 9.80 Å². The van der Waals surface area contributed by atoms with Gasteiger partial charge in [-0.05, 0) is 24.0 Å². The monoisotopic (exact) mass is 734 g/mol. The first-order valence-corrected chi connectivity index (χ1v) is 18.0. The van der Waals surface area contributed by atoms with Crippen molar-refractivity contribution < 1.29 is 52.3 Å². The van der Waals surface area contributed by atoms with Crippen molar-refractivity contribution in [3.8, 4) is 0 Å². The Balaban J connectivity index is 1.12. The van der Waals surface area contributed by atoms with Gasteiger partial charge >= 0.3 is 23.9 Å². The summed E-state index contributed by atoms with van der Waals surface area (Å²) in [6, 6.07) is 7.58. The Kier molecular flexibility index (Phi) is 13.2. The Morgan fingerprint density at radius 3 is 1.87 bits per heavy atom. The highest BCUT2D eigenvalue weighted by Gasteiger charge is 2.47. The molecule has 2 fully saturated rings. The van der Waals surface area contributed by atoms with Crippen LogP contribution in [-0.2, 0) is 65.5 Å². The molecular weight excluding hydrogens is 684 g/mol. The topological polar surface area (TPSA) is 139 Å². The van der Waals surface area contributed by atoms with Crippen molar-refractivity contribution in [3.63, 3.8) is 0 Å². The second-order valence-electron chi connectivity index (χ2n) is 13.7. The van der Waals surface area contributed by atoms with Crippen molar-refractivity contribution in [1.29, 1.82) is 0 Å². The average molecular weight is 735 g/mol. The number of hydrogen-bond donors (Lipinski definition) is 0. The third kappa shape index (κ3) is 9.96. The molecular formula is C40H50N2O11. The first-order chi connectivity index (χ1) is 25.3. The lowest BCUT2D eigenvalue weighted by Crippen LogP contribution is -2.40. The molecule has 0 amide bonds. The van der Waals surface area contributed by atoms with Gasteiger partial charge in [0.2, 0.25) is 0 Å². The molecule has 1 aromatic carbocycles. The van der Waals surface area contributed by atoms with Crippen LogP contribution < -0.4 is 0 Å². The van der Waals surface area contributed by atoms with Gasteiger partial charge < -0.3 is 43.0 Å². The maximum absolute atomic E-state index is 13.1. The number of rotatable bonds is 14. The first kappa shape index (κ1) is 39.3. The van der Waals surface area contributed by atoms with Crippen LogP contribution in [0.2, 0.25) is 0 Å². The zero-order valence-corrected chi connectivity index (χ0v) is 31.2. The van der Waals surface area contributed by atoms with Gasteiger partial charge in [0.05, 0.1) is 11.7 Å². The molecule has 4 aliphatic rings. The molecule has 0 saturated carbocycles. The normalized spacial score (nSPS) is 27.8. The molecule has 1 aromatic rings. The van der Waals surface area contributed by atoms with Gasteiger partial charge in [-0.3, -0.25) is 14.4 Å². The number of carbonyl (C=O) groups excluding carboxylic acids is 4. The number of benzene rings is 1. The maximum atomic E-state index is 13.1. The van der Waals surface area contributed by atoms with E-state index in [0.717, 1.165) is 23.1 Å². The largest absolute Gasteiger partial charge is 0.489 e. The van der Waals surface area contributed by atoms with Crippen LogP contribution in [0.1, 0.15) is 71.9 Å². The number of nitrogens with zero attached hydrogens (tertiary/aromatic N) is 2. The third-order valence-corrected chi connectivity index (χ3v) is 9.66. The van der Waals surface area contributed by atoms with E-state index in [2.05, 4.69) is 13.5 Å².